The molecule has 0 bridgehead atoms. The number of carbonyl (C=O) groups is 4. The SMILES string of the molecule is CC(C)C[C@H](NC(=O)OCn1ccccc1=O)C(=O)N[C@H](C=O)C[C@@H]1CCNC1=O. The lowest BCUT2D eigenvalue weighted by molar-refractivity contribution is -0.127. The number of aromatic nitrogens is 1. The van der Waals surface area contributed by atoms with Gasteiger partial charge in [0, 0.05) is 24.7 Å². The first kappa shape index (κ1) is 23.1. The second kappa shape index (κ2) is 11.1. The summed E-state index contributed by atoms with van der Waals surface area (Å²) >= 11 is 0. The summed E-state index contributed by atoms with van der Waals surface area (Å²) in [4.78, 5) is 59.6. The number of alkyl carbamates (subject to hydrolysis) is 1. The van der Waals surface area contributed by atoms with Crippen molar-refractivity contribution in [2.24, 2.45) is 11.8 Å². The molecule has 0 aliphatic carbocycles. The van der Waals surface area contributed by atoms with E-state index in [0.717, 1.165) is 0 Å². The number of hydrogen-bond donors (Lipinski definition) is 3. The van der Waals surface area contributed by atoms with Crippen molar-refractivity contribution in [3.8, 4) is 0 Å². The number of ether oxygens (including phenoxy) is 1. The molecule has 30 heavy (non-hydrogen) atoms. The topological polar surface area (TPSA) is 136 Å². The fraction of sp³-hybridized carbons (Fsp3) is 0.550. The van der Waals surface area contributed by atoms with E-state index in [1.54, 1.807) is 12.1 Å². The number of nitrogens with one attached hydrogen (secondary N) is 3. The molecule has 0 unspecified atom stereocenters. The van der Waals surface area contributed by atoms with Crippen LogP contribution in [-0.2, 0) is 25.9 Å². The molecule has 3 amide bonds. The van der Waals surface area contributed by atoms with Crippen molar-refractivity contribution >= 4 is 24.2 Å². The molecule has 1 aliphatic rings. The van der Waals surface area contributed by atoms with Crippen LogP contribution in [0.2, 0.25) is 0 Å². The molecular weight excluding hydrogens is 392 g/mol. The van der Waals surface area contributed by atoms with Crippen LogP contribution in [0.3, 0.4) is 0 Å². The van der Waals surface area contributed by atoms with Crippen molar-refractivity contribution in [1.29, 1.82) is 0 Å². The van der Waals surface area contributed by atoms with E-state index in [9.17, 15) is 24.0 Å². The second-order valence-corrected chi connectivity index (χ2v) is 7.66. The van der Waals surface area contributed by atoms with Crippen molar-refractivity contribution < 1.29 is 23.9 Å². The first-order valence-corrected chi connectivity index (χ1v) is 9.92. The van der Waals surface area contributed by atoms with Crippen LogP contribution in [0.5, 0.6) is 0 Å². The Morgan fingerprint density at radius 2 is 2.07 bits per heavy atom. The van der Waals surface area contributed by atoms with Crippen LogP contribution < -0.4 is 21.5 Å². The molecule has 0 aromatic carbocycles. The molecule has 10 heteroatoms. The second-order valence-electron chi connectivity index (χ2n) is 7.66. The summed E-state index contributed by atoms with van der Waals surface area (Å²) in [5.74, 6) is -0.917. The van der Waals surface area contributed by atoms with E-state index >= 15 is 0 Å². The van der Waals surface area contributed by atoms with Gasteiger partial charge in [0.2, 0.25) is 11.8 Å². The molecule has 0 radical (unpaired) electrons. The van der Waals surface area contributed by atoms with Crippen molar-refractivity contribution in [3.05, 3.63) is 34.7 Å². The summed E-state index contributed by atoms with van der Waals surface area (Å²) in [6.45, 7) is 4.03. The van der Waals surface area contributed by atoms with Crippen LogP contribution in [0.4, 0.5) is 4.79 Å². The molecular formula is C20H28N4O6. The molecule has 3 atom stereocenters. The van der Waals surface area contributed by atoms with Gasteiger partial charge < -0.3 is 25.5 Å². The van der Waals surface area contributed by atoms with E-state index < -0.39 is 24.1 Å². The summed E-state index contributed by atoms with van der Waals surface area (Å²) in [7, 11) is 0. The van der Waals surface area contributed by atoms with Gasteiger partial charge in [-0.25, -0.2) is 4.79 Å². The van der Waals surface area contributed by atoms with Crippen LogP contribution >= 0.6 is 0 Å². The standard InChI is InChI=1S/C20H28N4O6/c1-13(2)9-16(23-20(29)30-12-24-8-4-3-5-17(24)26)19(28)22-15(11-25)10-14-6-7-21-18(14)27/h3-5,8,11,13-16H,6-7,9-10,12H2,1-2H3,(H,21,27)(H,22,28)(H,23,29)/t14-,15-,16-/m0/s1. The maximum absolute atomic E-state index is 12.7. The van der Waals surface area contributed by atoms with Gasteiger partial charge in [-0.05, 0) is 31.2 Å². The van der Waals surface area contributed by atoms with Gasteiger partial charge in [0.15, 0.2) is 6.73 Å². The highest BCUT2D eigenvalue weighted by Crippen LogP contribution is 2.16. The van der Waals surface area contributed by atoms with Crippen LogP contribution in [0, 0.1) is 11.8 Å². The van der Waals surface area contributed by atoms with Crippen LogP contribution in [0.15, 0.2) is 29.2 Å². The lowest BCUT2D eigenvalue weighted by Crippen LogP contribution is -2.51. The Balaban J connectivity index is 1.93. The fourth-order valence-corrected chi connectivity index (χ4v) is 3.19. The molecule has 10 nitrogen and oxygen atoms in total. The first-order chi connectivity index (χ1) is 14.3. The average molecular weight is 420 g/mol. The minimum absolute atomic E-state index is 0.0769. The quantitative estimate of drug-likeness (QED) is 0.461. The molecule has 1 aliphatic heterocycles. The van der Waals surface area contributed by atoms with E-state index in [4.69, 9.17) is 4.74 Å². The minimum Gasteiger partial charge on any atom is -0.428 e. The number of aldehydes is 1. The van der Waals surface area contributed by atoms with Crippen molar-refractivity contribution in [3.63, 3.8) is 0 Å². The Hall–Kier alpha value is -3.17. The van der Waals surface area contributed by atoms with E-state index in [0.29, 0.717) is 25.7 Å². The van der Waals surface area contributed by atoms with Crippen molar-refractivity contribution in [2.75, 3.05) is 6.54 Å². The Morgan fingerprint density at radius 1 is 1.30 bits per heavy atom. The molecule has 1 aromatic heterocycles. The molecule has 1 saturated heterocycles. The smallest absolute Gasteiger partial charge is 0.409 e. The highest BCUT2D eigenvalue weighted by Gasteiger charge is 2.30. The highest BCUT2D eigenvalue weighted by molar-refractivity contribution is 5.88. The van der Waals surface area contributed by atoms with E-state index in [1.165, 1.54) is 16.8 Å². The summed E-state index contributed by atoms with van der Waals surface area (Å²) in [6.07, 6.45) is 2.35. The molecule has 2 heterocycles. The zero-order chi connectivity index (χ0) is 22.1. The maximum Gasteiger partial charge on any atom is 0.409 e. The number of nitrogens with zero attached hydrogens (tertiary/aromatic N) is 1. The maximum atomic E-state index is 12.7. The summed E-state index contributed by atoms with van der Waals surface area (Å²) in [5, 5.41) is 7.77. The predicted molar refractivity (Wildman–Crippen MR) is 107 cm³/mol. The molecule has 0 spiro atoms. The molecule has 1 aromatic rings. The Morgan fingerprint density at radius 3 is 2.67 bits per heavy atom. The van der Waals surface area contributed by atoms with Crippen LogP contribution in [0.1, 0.15) is 33.1 Å². The normalized spacial score (nSPS) is 17.7. The summed E-state index contributed by atoms with van der Waals surface area (Å²) in [5.41, 5.74) is -0.327. The fourth-order valence-electron chi connectivity index (χ4n) is 3.19. The van der Waals surface area contributed by atoms with Gasteiger partial charge in [-0.15, -0.1) is 0 Å². The third kappa shape index (κ3) is 7.02. The summed E-state index contributed by atoms with van der Waals surface area (Å²) < 4.78 is 6.24. The van der Waals surface area contributed by atoms with Crippen LogP contribution in [0.25, 0.3) is 0 Å². The predicted octanol–water partition coefficient (Wildman–Crippen LogP) is 0.157. The minimum atomic E-state index is -0.926. The summed E-state index contributed by atoms with van der Waals surface area (Å²) in [6, 6.07) is 2.77. The van der Waals surface area contributed by atoms with Gasteiger partial charge in [-0.3, -0.25) is 19.0 Å². The molecule has 2 rings (SSSR count). The number of carbonyl (C=O) groups excluding carboxylic acids is 4. The zero-order valence-electron chi connectivity index (χ0n) is 17.1. The Bertz CT molecular complexity index is 822. The van der Waals surface area contributed by atoms with Gasteiger partial charge in [-0.2, -0.15) is 0 Å². The molecule has 1 fully saturated rings. The third-order valence-electron chi connectivity index (χ3n) is 4.74. The van der Waals surface area contributed by atoms with Gasteiger partial charge in [0.1, 0.15) is 12.3 Å². The largest absolute Gasteiger partial charge is 0.428 e. The van der Waals surface area contributed by atoms with Gasteiger partial charge in [0.05, 0.1) is 6.04 Å². The zero-order valence-corrected chi connectivity index (χ0v) is 17.1. The number of pyridine rings is 1. The molecule has 164 valence electrons. The van der Waals surface area contributed by atoms with Crippen LogP contribution in [-0.4, -0.2) is 47.4 Å². The van der Waals surface area contributed by atoms with Crippen molar-refractivity contribution in [1.82, 2.24) is 20.5 Å². The van der Waals surface area contributed by atoms with Gasteiger partial charge >= 0.3 is 6.09 Å². The monoisotopic (exact) mass is 420 g/mol. The van der Waals surface area contributed by atoms with Gasteiger partial charge in [-0.1, -0.05) is 19.9 Å². The van der Waals surface area contributed by atoms with E-state index in [-0.39, 0.29) is 36.5 Å². The molecule has 3 N–H and O–H groups in total. The number of amides is 3. The Labute approximate surface area is 174 Å². The number of rotatable bonds is 10. The van der Waals surface area contributed by atoms with E-state index in [2.05, 4.69) is 16.0 Å². The van der Waals surface area contributed by atoms with Gasteiger partial charge in [0.25, 0.3) is 5.56 Å². The lowest BCUT2D eigenvalue weighted by Gasteiger charge is -2.23. The number of hydrogen-bond acceptors (Lipinski definition) is 6. The van der Waals surface area contributed by atoms with E-state index in [1.807, 2.05) is 13.8 Å². The lowest BCUT2D eigenvalue weighted by atomic mass is 9.98. The first-order valence-electron chi connectivity index (χ1n) is 9.92. The Kier molecular flexibility index (Phi) is 8.57. The van der Waals surface area contributed by atoms with Crippen molar-refractivity contribution in [2.45, 2.75) is 51.9 Å². The average Bonchev–Trinajstić information content (AvgIpc) is 3.10. The third-order valence-corrected chi connectivity index (χ3v) is 4.74. The molecule has 0 saturated carbocycles. The highest BCUT2D eigenvalue weighted by atomic mass is 16.6.